The van der Waals surface area contributed by atoms with Crippen molar-refractivity contribution < 1.29 is 38.5 Å². The van der Waals surface area contributed by atoms with Crippen LogP contribution in [0.5, 0.6) is 11.5 Å². The largest absolute Gasteiger partial charge is 0.497 e. The van der Waals surface area contributed by atoms with Crippen LogP contribution in [-0.2, 0) is 19.1 Å². The SMILES string of the molecule is CCC[C@H](NC(=O)C1CC(Oc2cc(-c3ccccc3)nc3cc(OC)ccc23)CN1C(=O)[C@@H](NC(=O)OC(C)(C)C)C(C)C)C(=O)O. The summed E-state index contributed by atoms with van der Waals surface area (Å²) in [4.78, 5) is 58.7. The summed E-state index contributed by atoms with van der Waals surface area (Å²) in [6.45, 7) is 10.6. The van der Waals surface area contributed by atoms with E-state index in [1.165, 1.54) is 4.90 Å². The van der Waals surface area contributed by atoms with Crippen molar-refractivity contribution in [2.75, 3.05) is 13.7 Å². The maximum atomic E-state index is 14.1. The Bertz CT molecular complexity index is 1620. The van der Waals surface area contributed by atoms with Crippen LogP contribution in [0.15, 0.2) is 54.6 Å². The minimum absolute atomic E-state index is 0.0162. The van der Waals surface area contributed by atoms with Gasteiger partial charge in [0.15, 0.2) is 0 Å². The quantitative estimate of drug-likeness (QED) is 0.238. The van der Waals surface area contributed by atoms with Crippen LogP contribution in [0.2, 0.25) is 0 Å². The van der Waals surface area contributed by atoms with Crippen LogP contribution in [-0.4, -0.2) is 82.4 Å². The lowest BCUT2D eigenvalue weighted by Crippen LogP contribution is -2.57. The zero-order valence-corrected chi connectivity index (χ0v) is 28.6. The van der Waals surface area contributed by atoms with Crippen molar-refractivity contribution in [2.45, 2.75) is 90.6 Å². The van der Waals surface area contributed by atoms with Gasteiger partial charge >= 0.3 is 12.1 Å². The van der Waals surface area contributed by atoms with Gasteiger partial charge in [0.25, 0.3) is 0 Å². The molecular weight excluding hydrogens is 616 g/mol. The molecule has 48 heavy (non-hydrogen) atoms. The number of ether oxygens (including phenoxy) is 3. The minimum Gasteiger partial charge on any atom is -0.497 e. The Kier molecular flexibility index (Phi) is 11.5. The van der Waals surface area contributed by atoms with Crippen molar-refractivity contribution in [3.63, 3.8) is 0 Å². The maximum absolute atomic E-state index is 14.1. The van der Waals surface area contributed by atoms with E-state index in [1.54, 1.807) is 47.8 Å². The summed E-state index contributed by atoms with van der Waals surface area (Å²) < 4.78 is 17.4. The normalized spacial score (nSPS) is 17.5. The smallest absolute Gasteiger partial charge is 0.408 e. The molecule has 1 aromatic heterocycles. The van der Waals surface area contributed by atoms with Gasteiger partial charge in [-0.3, -0.25) is 9.59 Å². The summed E-state index contributed by atoms with van der Waals surface area (Å²) in [5.74, 6) is -1.50. The average Bonchev–Trinajstić information content (AvgIpc) is 3.46. The van der Waals surface area contributed by atoms with Gasteiger partial charge in [0, 0.05) is 29.5 Å². The van der Waals surface area contributed by atoms with Crippen LogP contribution in [0.25, 0.3) is 22.2 Å². The van der Waals surface area contributed by atoms with E-state index in [-0.39, 0.29) is 25.3 Å². The minimum atomic E-state index is -1.16. The summed E-state index contributed by atoms with van der Waals surface area (Å²) in [5, 5.41) is 15.7. The number of pyridine rings is 1. The monoisotopic (exact) mass is 662 g/mol. The number of benzene rings is 2. The van der Waals surface area contributed by atoms with Crippen LogP contribution in [0.4, 0.5) is 4.79 Å². The predicted octanol–water partition coefficient (Wildman–Crippen LogP) is 5.18. The van der Waals surface area contributed by atoms with Gasteiger partial charge in [-0.05, 0) is 45.2 Å². The number of rotatable bonds is 12. The first-order valence-electron chi connectivity index (χ1n) is 16.2. The third kappa shape index (κ3) is 8.93. The zero-order valence-electron chi connectivity index (χ0n) is 28.6. The van der Waals surface area contributed by atoms with Crippen molar-refractivity contribution in [3.05, 3.63) is 54.6 Å². The first-order valence-corrected chi connectivity index (χ1v) is 16.2. The standard InChI is InChI=1S/C36H46N4O8/c1-8-12-26(34(43)44)38-32(41)29-18-24(20-40(29)33(42)31(21(2)3)39-35(45)48-36(4,5)6)47-30-19-27(22-13-10-9-11-14-22)37-28-17-23(46-7)15-16-25(28)30/h9-11,13-17,19,21,24,26,29,31H,8,12,18,20H2,1-7H3,(H,38,41)(H,39,45)(H,43,44)/t24?,26-,29?,31-/m0/s1. The summed E-state index contributed by atoms with van der Waals surface area (Å²) in [5.41, 5.74) is 1.38. The number of carbonyl (C=O) groups excluding carboxylic acids is 3. The average molecular weight is 663 g/mol. The van der Waals surface area contributed by atoms with E-state index in [4.69, 9.17) is 19.2 Å². The molecule has 3 aromatic rings. The summed E-state index contributed by atoms with van der Waals surface area (Å²) in [6, 6.07) is 13.7. The topological polar surface area (TPSA) is 156 Å². The van der Waals surface area contributed by atoms with Gasteiger partial charge in [-0.15, -0.1) is 0 Å². The highest BCUT2D eigenvalue weighted by atomic mass is 16.6. The fraction of sp³-hybridized carbons (Fsp3) is 0.472. The lowest BCUT2D eigenvalue weighted by Gasteiger charge is -2.31. The van der Waals surface area contributed by atoms with Crippen LogP contribution >= 0.6 is 0 Å². The summed E-state index contributed by atoms with van der Waals surface area (Å²) in [6.07, 6.45) is -0.553. The number of alkyl carbamates (subject to hydrolysis) is 1. The number of amides is 3. The molecule has 0 bridgehead atoms. The predicted molar refractivity (Wildman–Crippen MR) is 181 cm³/mol. The van der Waals surface area contributed by atoms with Crippen LogP contribution < -0.4 is 20.1 Å². The number of methoxy groups -OCH3 is 1. The molecular formula is C36H46N4O8. The molecule has 4 rings (SSSR count). The third-order valence-electron chi connectivity index (χ3n) is 7.99. The van der Waals surface area contributed by atoms with Gasteiger partial charge in [-0.25, -0.2) is 14.6 Å². The number of aliphatic carboxylic acids is 1. The molecule has 1 aliphatic heterocycles. The second-order valence-electron chi connectivity index (χ2n) is 13.3. The number of nitrogens with one attached hydrogen (secondary N) is 2. The molecule has 0 aliphatic carbocycles. The Hall–Kier alpha value is -4.87. The molecule has 1 saturated heterocycles. The van der Waals surface area contributed by atoms with E-state index in [9.17, 15) is 24.3 Å². The first kappa shape index (κ1) is 36.0. The lowest BCUT2D eigenvalue weighted by atomic mass is 10.0. The summed E-state index contributed by atoms with van der Waals surface area (Å²) in [7, 11) is 1.58. The zero-order chi connectivity index (χ0) is 35.2. The van der Waals surface area contributed by atoms with Crippen molar-refractivity contribution in [1.29, 1.82) is 0 Å². The number of carboxylic acids is 1. The van der Waals surface area contributed by atoms with Crippen molar-refractivity contribution in [2.24, 2.45) is 5.92 Å². The first-order chi connectivity index (χ1) is 22.7. The molecule has 3 N–H and O–H groups in total. The molecule has 2 unspecified atom stereocenters. The molecule has 0 saturated carbocycles. The number of nitrogens with zero attached hydrogens (tertiary/aromatic N) is 2. The number of hydrogen-bond donors (Lipinski definition) is 3. The van der Waals surface area contributed by atoms with E-state index < -0.39 is 53.7 Å². The van der Waals surface area contributed by atoms with Gasteiger partial charge in [-0.1, -0.05) is 57.5 Å². The van der Waals surface area contributed by atoms with Gasteiger partial charge in [0.2, 0.25) is 11.8 Å². The maximum Gasteiger partial charge on any atom is 0.408 e. The highest BCUT2D eigenvalue weighted by Crippen LogP contribution is 2.35. The number of carboxylic acid groups (broad SMARTS) is 1. The second-order valence-corrected chi connectivity index (χ2v) is 13.3. The molecule has 12 nitrogen and oxygen atoms in total. The van der Waals surface area contributed by atoms with Crippen molar-refractivity contribution in [3.8, 4) is 22.8 Å². The summed E-state index contributed by atoms with van der Waals surface area (Å²) >= 11 is 0. The fourth-order valence-corrected chi connectivity index (χ4v) is 5.65. The third-order valence-corrected chi connectivity index (χ3v) is 7.99. The van der Waals surface area contributed by atoms with Gasteiger partial charge in [0.05, 0.1) is 24.9 Å². The van der Waals surface area contributed by atoms with E-state index >= 15 is 0 Å². The molecule has 1 aliphatic rings. The highest BCUT2D eigenvalue weighted by Gasteiger charge is 2.44. The van der Waals surface area contributed by atoms with Gasteiger partial charge in [0.1, 0.15) is 41.3 Å². The molecule has 12 heteroatoms. The number of likely N-dealkylation sites (tertiary alicyclic amines) is 1. The Morgan fingerprint density at radius 2 is 1.75 bits per heavy atom. The molecule has 258 valence electrons. The molecule has 3 amide bonds. The Labute approximate surface area is 281 Å². The van der Waals surface area contributed by atoms with E-state index in [0.717, 1.165) is 5.56 Å². The highest BCUT2D eigenvalue weighted by molar-refractivity contribution is 5.94. The second kappa shape index (κ2) is 15.4. The number of hydrogen-bond acceptors (Lipinski definition) is 8. The fourth-order valence-electron chi connectivity index (χ4n) is 5.65. The number of carbonyl (C=O) groups is 4. The number of fused-ring (bicyclic) bond motifs is 1. The Morgan fingerprint density at radius 1 is 1.04 bits per heavy atom. The van der Waals surface area contributed by atoms with Crippen LogP contribution in [0, 0.1) is 5.92 Å². The van der Waals surface area contributed by atoms with Crippen molar-refractivity contribution in [1.82, 2.24) is 20.5 Å². The number of aromatic nitrogens is 1. The molecule has 0 radical (unpaired) electrons. The Morgan fingerprint density at radius 3 is 2.35 bits per heavy atom. The van der Waals surface area contributed by atoms with E-state index in [2.05, 4.69) is 10.6 Å². The Balaban J connectivity index is 1.70. The van der Waals surface area contributed by atoms with Crippen molar-refractivity contribution >= 4 is 34.8 Å². The molecule has 2 aromatic carbocycles. The molecule has 2 heterocycles. The van der Waals surface area contributed by atoms with E-state index in [1.807, 2.05) is 55.5 Å². The van der Waals surface area contributed by atoms with Gasteiger partial charge < -0.3 is 34.9 Å². The van der Waals surface area contributed by atoms with Crippen LogP contribution in [0.3, 0.4) is 0 Å². The molecule has 1 fully saturated rings. The lowest BCUT2D eigenvalue weighted by molar-refractivity contribution is -0.144. The van der Waals surface area contributed by atoms with Gasteiger partial charge in [-0.2, -0.15) is 0 Å². The van der Waals surface area contributed by atoms with E-state index in [0.29, 0.717) is 34.5 Å². The van der Waals surface area contributed by atoms with Crippen LogP contribution in [0.1, 0.15) is 60.8 Å². The molecule has 4 atom stereocenters. The molecule has 0 spiro atoms.